The molecular formula is C21H32F7NO4S. The van der Waals surface area contributed by atoms with Crippen LogP contribution in [0.1, 0.15) is 65.7 Å². The number of esters is 1. The zero-order valence-corrected chi connectivity index (χ0v) is 20.3. The summed E-state index contributed by atoms with van der Waals surface area (Å²) in [6.45, 7) is 6.70. The van der Waals surface area contributed by atoms with E-state index in [0.29, 0.717) is 25.7 Å². The molecule has 0 aliphatic rings. The van der Waals surface area contributed by atoms with Gasteiger partial charge < -0.3 is 14.4 Å². The van der Waals surface area contributed by atoms with Crippen LogP contribution in [0.3, 0.4) is 0 Å². The van der Waals surface area contributed by atoms with Gasteiger partial charge in [-0.3, -0.25) is 4.79 Å². The number of halogens is 7. The van der Waals surface area contributed by atoms with Crippen LogP contribution in [-0.4, -0.2) is 59.6 Å². The fraction of sp³-hybridized carbons (Fsp3) is 0.810. The number of carbonyl (C=O) groups is 2. The van der Waals surface area contributed by atoms with Crippen molar-refractivity contribution >= 4 is 24.5 Å². The molecule has 200 valence electrons. The lowest BCUT2D eigenvalue weighted by atomic mass is 10.1. The molecule has 0 saturated carbocycles. The van der Waals surface area contributed by atoms with E-state index in [1.807, 2.05) is 0 Å². The Balaban J connectivity index is 5.87. The van der Waals surface area contributed by atoms with E-state index in [1.54, 1.807) is 13.8 Å². The number of rotatable bonds is 16. The molecule has 0 rings (SSSR count). The monoisotopic (exact) mass is 527 g/mol. The molecule has 5 nitrogen and oxygen atoms in total. The van der Waals surface area contributed by atoms with Gasteiger partial charge in [-0.15, -0.1) is 0 Å². The summed E-state index contributed by atoms with van der Waals surface area (Å²) in [4.78, 5) is 26.0. The van der Waals surface area contributed by atoms with Gasteiger partial charge in [0.15, 0.2) is 0 Å². The third-order valence-corrected chi connectivity index (χ3v) is 5.05. The van der Waals surface area contributed by atoms with Gasteiger partial charge in [0.25, 0.3) is 0 Å². The van der Waals surface area contributed by atoms with Crippen LogP contribution >= 0.6 is 12.6 Å². The third kappa shape index (κ3) is 9.27. The first-order valence-electron chi connectivity index (χ1n) is 10.8. The summed E-state index contributed by atoms with van der Waals surface area (Å²) in [7, 11) is 0. The summed E-state index contributed by atoms with van der Waals surface area (Å²) >= 11 is 2.53. The Labute approximate surface area is 200 Å². The Bertz CT molecular complexity index is 675. The molecule has 13 heteroatoms. The summed E-state index contributed by atoms with van der Waals surface area (Å²) in [5.41, 5.74) is -0.436. The maximum Gasteiger partial charge on any atom is 0.466 e. The van der Waals surface area contributed by atoms with Crippen molar-refractivity contribution in [3.63, 3.8) is 0 Å². The first-order valence-corrected chi connectivity index (χ1v) is 11.3. The Morgan fingerprint density at radius 2 is 1.41 bits per heavy atom. The number of unbranched alkanes of at least 4 members (excludes halogenated alkanes) is 3. The molecule has 0 heterocycles. The first-order chi connectivity index (χ1) is 15.5. The second kappa shape index (κ2) is 13.6. The molecule has 0 aliphatic heterocycles. The molecule has 0 aromatic heterocycles. The fourth-order valence-electron chi connectivity index (χ4n) is 2.65. The highest BCUT2D eigenvalue weighted by atomic mass is 32.1. The largest absolute Gasteiger partial charge is 0.466 e. The summed E-state index contributed by atoms with van der Waals surface area (Å²) in [6, 6.07) is 0. The predicted molar refractivity (Wildman–Crippen MR) is 115 cm³/mol. The lowest BCUT2D eigenvalue weighted by molar-refractivity contribution is -0.350. The highest BCUT2D eigenvalue weighted by molar-refractivity contribution is 7.81. The van der Waals surface area contributed by atoms with Crippen LogP contribution in [0.5, 0.6) is 0 Å². The lowest BCUT2D eigenvalue weighted by Gasteiger charge is -2.37. The number of hydrogen-bond acceptors (Lipinski definition) is 5. The van der Waals surface area contributed by atoms with E-state index in [1.165, 1.54) is 0 Å². The average Bonchev–Trinajstić information content (AvgIpc) is 2.70. The van der Waals surface area contributed by atoms with Gasteiger partial charge in [-0.2, -0.15) is 30.7 Å². The Morgan fingerprint density at radius 3 is 1.79 bits per heavy atom. The van der Waals surface area contributed by atoms with Crippen molar-refractivity contribution < 1.29 is 49.8 Å². The normalized spacial score (nSPS) is 14.4. The van der Waals surface area contributed by atoms with E-state index >= 15 is 0 Å². The Morgan fingerprint density at radius 1 is 0.912 bits per heavy atom. The molecule has 1 amide bonds. The molecule has 0 N–H and O–H groups in total. The SMILES string of the molecule is C=C(C)C(=O)OC(OCCCCC(F)(F)C(F)(F)S)(C(=O)N(CCCC)CCCC)C(F)(F)F. The number of ether oxygens (including phenoxy) is 2. The van der Waals surface area contributed by atoms with E-state index in [-0.39, 0.29) is 13.1 Å². The van der Waals surface area contributed by atoms with Crippen molar-refractivity contribution in [1.82, 2.24) is 4.90 Å². The maximum absolute atomic E-state index is 14.2. The van der Waals surface area contributed by atoms with Gasteiger partial charge in [0.2, 0.25) is 0 Å². The molecular weight excluding hydrogens is 495 g/mol. The standard InChI is InChI=1S/C21H32F7NO4S/c1-5-7-12-29(13-8-6-2)17(31)19(20(24,25)26,33-16(30)15(3)4)32-14-10-9-11-18(22,23)21(27,28)34/h34H,3,5-14H2,1-2,4H3. The minimum atomic E-state index is -5.53. The molecule has 0 fully saturated rings. The number of thiol groups is 1. The molecule has 1 unspecified atom stereocenters. The Hall–Kier alpha value is -1.50. The van der Waals surface area contributed by atoms with Gasteiger partial charge >= 0.3 is 35.0 Å². The maximum atomic E-state index is 14.2. The number of carbonyl (C=O) groups excluding carboxylic acids is 2. The third-order valence-electron chi connectivity index (χ3n) is 4.72. The van der Waals surface area contributed by atoms with Crippen LogP contribution < -0.4 is 0 Å². The molecule has 1 atom stereocenters. The number of nitrogens with zero attached hydrogens (tertiary/aromatic N) is 1. The smallest absolute Gasteiger partial charge is 0.412 e. The van der Waals surface area contributed by atoms with Crippen LogP contribution in [0, 0.1) is 0 Å². The van der Waals surface area contributed by atoms with Gasteiger partial charge in [-0.1, -0.05) is 45.9 Å². The van der Waals surface area contributed by atoms with Crippen molar-refractivity contribution in [2.75, 3.05) is 19.7 Å². The van der Waals surface area contributed by atoms with Gasteiger partial charge in [0, 0.05) is 25.1 Å². The van der Waals surface area contributed by atoms with E-state index in [9.17, 15) is 40.3 Å². The molecule has 0 aromatic rings. The molecule has 0 saturated heterocycles. The van der Waals surface area contributed by atoms with Crippen LogP contribution in [0.25, 0.3) is 0 Å². The minimum absolute atomic E-state index is 0.0651. The number of hydrogen-bond donors (Lipinski definition) is 1. The second-order valence-electron chi connectivity index (χ2n) is 7.83. The highest BCUT2D eigenvalue weighted by Crippen LogP contribution is 2.41. The fourth-order valence-corrected chi connectivity index (χ4v) is 2.76. The van der Waals surface area contributed by atoms with Crippen molar-refractivity contribution in [2.45, 2.75) is 88.9 Å². The van der Waals surface area contributed by atoms with Crippen molar-refractivity contribution in [2.24, 2.45) is 0 Å². The van der Waals surface area contributed by atoms with Gasteiger partial charge in [-0.05, 0) is 32.6 Å². The van der Waals surface area contributed by atoms with E-state index in [4.69, 9.17) is 4.74 Å². The first kappa shape index (κ1) is 32.5. The van der Waals surface area contributed by atoms with Gasteiger partial charge in [-0.25, -0.2) is 4.79 Å². The zero-order valence-electron chi connectivity index (χ0n) is 19.5. The summed E-state index contributed by atoms with van der Waals surface area (Å²) in [5.74, 6) is -11.8. The zero-order chi connectivity index (χ0) is 26.8. The van der Waals surface area contributed by atoms with Crippen molar-refractivity contribution in [3.05, 3.63) is 12.2 Å². The number of amides is 1. The lowest BCUT2D eigenvalue weighted by Crippen LogP contribution is -2.62. The van der Waals surface area contributed by atoms with Crippen LogP contribution in [-0.2, 0) is 19.1 Å². The van der Waals surface area contributed by atoms with Crippen molar-refractivity contribution in [1.29, 1.82) is 0 Å². The Kier molecular flexibility index (Phi) is 13.0. The van der Waals surface area contributed by atoms with Gasteiger partial charge in [0.1, 0.15) is 0 Å². The molecule has 0 bridgehead atoms. The molecule has 0 spiro atoms. The van der Waals surface area contributed by atoms with Crippen LogP contribution in [0.15, 0.2) is 12.2 Å². The van der Waals surface area contributed by atoms with E-state index < -0.39 is 66.5 Å². The van der Waals surface area contributed by atoms with E-state index in [2.05, 4.69) is 23.9 Å². The van der Waals surface area contributed by atoms with Crippen LogP contribution in [0.4, 0.5) is 30.7 Å². The highest BCUT2D eigenvalue weighted by Gasteiger charge is 2.67. The molecule has 34 heavy (non-hydrogen) atoms. The molecule has 0 aliphatic carbocycles. The predicted octanol–water partition coefficient (Wildman–Crippen LogP) is 6.14. The summed E-state index contributed by atoms with van der Waals surface area (Å²) in [5, 5.41) is -4.62. The summed E-state index contributed by atoms with van der Waals surface area (Å²) < 4.78 is 104. The summed E-state index contributed by atoms with van der Waals surface area (Å²) in [6.07, 6.45) is -6.29. The van der Waals surface area contributed by atoms with Crippen molar-refractivity contribution in [3.8, 4) is 0 Å². The second-order valence-corrected chi connectivity index (χ2v) is 8.40. The minimum Gasteiger partial charge on any atom is -0.412 e. The quantitative estimate of drug-likeness (QED) is 0.0655. The molecule has 0 aromatic carbocycles. The van der Waals surface area contributed by atoms with Gasteiger partial charge in [0.05, 0.1) is 6.61 Å². The molecule has 0 radical (unpaired) electrons. The topological polar surface area (TPSA) is 55.8 Å². The van der Waals surface area contributed by atoms with Crippen LogP contribution in [0.2, 0.25) is 0 Å². The van der Waals surface area contributed by atoms with E-state index in [0.717, 1.165) is 11.8 Å². The average molecular weight is 528 g/mol. The number of alkyl halides is 7.